The van der Waals surface area contributed by atoms with Gasteiger partial charge in [-0.15, -0.1) is 0 Å². The average molecular weight is 428 g/mol. The number of carbonyl (C=O) groups excluding carboxylic acids is 1. The lowest BCUT2D eigenvalue weighted by Crippen LogP contribution is -2.06. The van der Waals surface area contributed by atoms with Crippen LogP contribution in [0.1, 0.15) is 22.5 Å². The summed E-state index contributed by atoms with van der Waals surface area (Å²) in [5.41, 5.74) is 4.17. The van der Waals surface area contributed by atoms with Gasteiger partial charge in [0.1, 0.15) is 0 Å². The molecule has 6 heteroatoms. The number of hydrogen-bond acceptors (Lipinski definition) is 3. The van der Waals surface area contributed by atoms with E-state index in [2.05, 4.69) is 15.9 Å². The SMILES string of the molecule is COC(=O)c1ccc(-n2c(CCC(=O)O)ccc2-c2ccc(Br)cc2)cc1. The number of aliphatic carboxylic acids is 1. The third kappa shape index (κ3) is 4.28. The van der Waals surface area contributed by atoms with Gasteiger partial charge in [0.15, 0.2) is 0 Å². The minimum absolute atomic E-state index is 0.0457. The van der Waals surface area contributed by atoms with Crippen LogP contribution in [0.25, 0.3) is 16.9 Å². The second-order valence-electron chi connectivity index (χ2n) is 5.98. The second-order valence-corrected chi connectivity index (χ2v) is 6.90. The van der Waals surface area contributed by atoms with E-state index in [0.717, 1.165) is 27.1 Å². The number of aryl methyl sites for hydroxylation is 1. The van der Waals surface area contributed by atoms with Crippen molar-refractivity contribution < 1.29 is 19.4 Å². The highest BCUT2D eigenvalue weighted by molar-refractivity contribution is 9.10. The van der Waals surface area contributed by atoms with Crippen molar-refractivity contribution in [3.8, 4) is 16.9 Å². The Morgan fingerprint density at radius 1 is 1.00 bits per heavy atom. The van der Waals surface area contributed by atoms with Crippen LogP contribution in [0.15, 0.2) is 65.1 Å². The molecule has 0 radical (unpaired) electrons. The minimum Gasteiger partial charge on any atom is -0.481 e. The number of carboxylic acid groups (broad SMARTS) is 1. The van der Waals surface area contributed by atoms with Gasteiger partial charge in [0, 0.05) is 15.9 Å². The van der Waals surface area contributed by atoms with Gasteiger partial charge in [0.05, 0.1) is 24.8 Å². The molecule has 0 aliphatic rings. The fraction of sp³-hybridized carbons (Fsp3) is 0.143. The predicted octanol–water partition coefficient (Wildman–Crippen LogP) is 4.71. The fourth-order valence-corrected chi connectivity index (χ4v) is 3.19. The zero-order valence-corrected chi connectivity index (χ0v) is 16.3. The number of nitrogens with zero attached hydrogens (tertiary/aromatic N) is 1. The van der Waals surface area contributed by atoms with Gasteiger partial charge in [0.2, 0.25) is 0 Å². The Morgan fingerprint density at radius 3 is 2.26 bits per heavy atom. The number of hydrogen-bond donors (Lipinski definition) is 1. The molecule has 0 bridgehead atoms. The molecule has 0 saturated carbocycles. The van der Waals surface area contributed by atoms with Crippen LogP contribution in [-0.2, 0) is 16.0 Å². The van der Waals surface area contributed by atoms with Crippen LogP contribution in [0.4, 0.5) is 0 Å². The van der Waals surface area contributed by atoms with Crippen molar-refractivity contribution >= 4 is 27.9 Å². The standard InChI is InChI=1S/C21H18BrNO4/c1-27-21(26)15-4-8-17(9-5-15)23-18(11-13-20(24)25)10-12-19(23)14-2-6-16(22)7-3-14/h2-10,12H,11,13H2,1H3,(H,24,25). The molecule has 2 aromatic carbocycles. The van der Waals surface area contributed by atoms with Crippen LogP contribution in [0.2, 0.25) is 0 Å². The quantitative estimate of drug-likeness (QED) is 0.578. The van der Waals surface area contributed by atoms with Crippen molar-refractivity contribution in [2.45, 2.75) is 12.8 Å². The first-order chi connectivity index (χ1) is 13.0. The molecule has 0 spiro atoms. The Labute approximate surface area is 165 Å². The van der Waals surface area contributed by atoms with Gasteiger partial charge in [-0.05, 0) is 60.5 Å². The number of esters is 1. The van der Waals surface area contributed by atoms with E-state index in [0.29, 0.717) is 12.0 Å². The van der Waals surface area contributed by atoms with Gasteiger partial charge in [-0.25, -0.2) is 4.79 Å². The highest BCUT2D eigenvalue weighted by atomic mass is 79.9. The lowest BCUT2D eigenvalue weighted by atomic mass is 10.1. The van der Waals surface area contributed by atoms with Crippen LogP contribution >= 0.6 is 15.9 Å². The van der Waals surface area contributed by atoms with Crippen LogP contribution in [0.5, 0.6) is 0 Å². The summed E-state index contributed by atoms with van der Waals surface area (Å²) >= 11 is 3.44. The Hall–Kier alpha value is -2.86. The molecule has 0 atom stereocenters. The summed E-state index contributed by atoms with van der Waals surface area (Å²) in [6.45, 7) is 0. The topological polar surface area (TPSA) is 68.5 Å². The maximum absolute atomic E-state index is 11.7. The van der Waals surface area contributed by atoms with E-state index < -0.39 is 11.9 Å². The van der Waals surface area contributed by atoms with E-state index >= 15 is 0 Å². The molecule has 1 heterocycles. The number of methoxy groups -OCH3 is 1. The highest BCUT2D eigenvalue weighted by Gasteiger charge is 2.14. The molecule has 0 fully saturated rings. The number of ether oxygens (including phenoxy) is 1. The maximum Gasteiger partial charge on any atom is 0.337 e. The van der Waals surface area contributed by atoms with Crippen molar-refractivity contribution in [1.29, 1.82) is 0 Å². The number of carboxylic acids is 1. The summed E-state index contributed by atoms with van der Waals surface area (Å²) in [7, 11) is 1.35. The van der Waals surface area contributed by atoms with Crippen LogP contribution < -0.4 is 0 Å². The third-order valence-electron chi connectivity index (χ3n) is 4.24. The predicted molar refractivity (Wildman–Crippen MR) is 106 cm³/mol. The Morgan fingerprint density at radius 2 is 1.67 bits per heavy atom. The Kier molecular flexibility index (Phi) is 5.76. The lowest BCUT2D eigenvalue weighted by molar-refractivity contribution is -0.136. The fourth-order valence-electron chi connectivity index (χ4n) is 2.92. The van der Waals surface area contributed by atoms with Crippen LogP contribution in [0.3, 0.4) is 0 Å². The van der Waals surface area contributed by atoms with E-state index in [-0.39, 0.29) is 6.42 Å². The molecular formula is C21H18BrNO4. The van der Waals surface area contributed by atoms with Gasteiger partial charge in [-0.3, -0.25) is 4.79 Å². The first-order valence-corrected chi connectivity index (χ1v) is 9.16. The zero-order valence-electron chi connectivity index (χ0n) is 14.7. The smallest absolute Gasteiger partial charge is 0.337 e. The molecule has 3 aromatic rings. The second kappa shape index (κ2) is 8.22. The highest BCUT2D eigenvalue weighted by Crippen LogP contribution is 2.28. The zero-order chi connectivity index (χ0) is 19.4. The number of benzene rings is 2. The summed E-state index contributed by atoms with van der Waals surface area (Å²) in [6.07, 6.45) is 0.453. The third-order valence-corrected chi connectivity index (χ3v) is 4.77. The first kappa shape index (κ1) is 18.9. The Bertz CT molecular complexity index is 959. The van der Waals surface area contributed by atoms with Crippen molar-refractivity contribution in [3.63, 3.8) is 0 Å². The molecule has 138 valence electrons. The van der Waals surface area contributed by atoms with Gasteiger partial charge < -0.3 is 14.4 Å². The van der Waals surface area contributed by atoms with E-state index in [1.165, 1.54) is 7.11 Å². The molecule has 0 saturated heterocycles. The summed E-state index contributed by atoms with van der Waals surface area (Å²) in [5, 5.41) is 9.05. The van der Waals surface area contributed by atoms with Crippen molar-refractivity contribution in [2.24, 2.45) is 0 Å². The maximum atomic E-state index is 11.7. The van der Waals surface area contributed by atoms with E-state index in [9.17, 15) is 9.59 Å². The lowest BCUT2D eigenvalue weighted by Gasteiger charge is -2.14. The summed E-state index contributed by atoms with van der Waals surface area (Å²) in [5.74, 6) is -1.23. The van der Waals surface area contributed by atoms with E-state index in [1.807, 2.05) is 53.1 Å². The summed E-state index contributed by atoms with van der Waals surface area (Å²) in [4.78, 5) is 22.7. The average Bonchev–Trinajstić information content (AvgIpc) is 3.10. The normalized spacial score (nSPS) is 10.6. The van der Waals surface area contributed by atoms with Gasteiger partial charge in [-0.1, -0.05) is 28.1 Å². The van der Waals surface area contributed by atoms with Crippen molar-refractivity contribution in [3.05, 3.63) is 76.4 Å². The van der Waals surface area contributed by atoms with Gasteiger partial charge in [-0.2, -0.15) is 0 Å². The molecule has 1 N–H and O–H groups in total. The minimum atomic E-state index is -0.839. The molecular weight excluding hydrogens is 410 g/mol. The molecule has 5 nitrogen and oxygen atoms in total. The molecule has 0 unspecified atom stereocenters. The number of aromatic nitrogens is 1. The number of carbonyl (C=O) groups is 2. The Balaban J connectivity index is 2.06. The monoisotopic (exact) mass is 427 g/mol. The summed E-state index contributed by atoms with van der Waals surface area (Å²) < 4.78 is 7.75. The van der Waals surface area contributed by atoms with E-state index in [1.54, 1.807) is 12.1 Å². The number of rotatable bonds is 6. The van der Waals surface area contributed by atoms with Gasteiger partial charge >= 0.3 is 11.9 Å². The first-order valence-electron chi connectivity index (χ1n) is 8.36. The molecule has 1 aromatic heterocycles. The molecule has 3 rings (SSSR count). The molecule has 0 aliphatic carbocycles. The van der Waals surface area contributed by atoms with Crippen molar-refractivity contribution in [2.75, 3.05) is 7.11 Å². The molecule has 0 amide bonds. The molecule has 0 aliphatic heterocycles. The number of halogens is 1. The van der Waals surface area contributed by atoms with Crippen molar-refractivity contribution in [1.82, 2.24) is 4.57 Å². The summed E-state index contributed by atoms with van der Waals surface area (Å²) in [6, 6.07) is 18.9. The van der Waals surface area contributed by atoms with Crippen LogP contribution in [0, 0.1) is 0 Å². The van der Waals surface area contributed by atoms with Crippen LogP contribution in [-0.4, -0.2) is 28.7 Å². The van der Waals surface area contributed by atoms with Gasteiger partial charge in [0.25, 0.3) is 0 Å². The van der Waals surface area contributed by atoms with E-state index in [4.69, 9.17) is 9.84 Å². The molecule has 27 heavy (non-hydrogen) atoms. The largest absolute Gasteiger partial charge is 0.481 e.